The van der Waals surface area contributed by atoms with Gasteiger partial charge in [-0.15, -0.1) is 0 Å². The van der Waals surface area contributed by atoms with Gasteiger partial charge in [0.15, 0.2) is 5.58 Å². The van der Waals surface area contributed by atoms with Crippen molar-refractivity contribution in [1.82, 2.24) is 5.16 Å². The van der Waals surface area contributed by atoms with Gasteiger partial charge in [-0.3, -0.25) is 0 Å². The van der Waals surface area contributed by atoms with Crippen LogP contribution in [0.3, 0.4) is 0 Å². The van der Waals surface area contributed by atoms with Crippen LogP contribution in [-0.2, 0) is 0 Å². The summed E-state index contributed by atoms with van der Waals surface area (Å²) in [7, 11) is 0. The van der Waals surface area contributed by atoms with E-state index in [9.17, 15) is 4.39 Å². The molecular formula is C13H7BrFNO. The normalized spacial score (nSPS) is 10.9. The predicted molar refractivity (Wildman–Crippen MR) is 67.1 cm³/mol. The number of rotatable bonds is 1. The van der Waals surface area contributed by atoms with Gasteiger partial charge in [-0.25, -0.2) is 4.39 Å². The van der Waals surface area contributed by atoms with Crippen LogP contribution in [0, 0.1) is 5.82 Å². The Balaban J connectivity index is 2.24. The fraction of sp³-hybridized carbons (Fsp3) is 0. The standard InChI is InChI=1S/C13H7BrFNO/c14-11-3-1-2-10-12(16-17-13(10)11)8-4-6-9(15)7-5-8/h1-7H. The summed E-state index contributed by atoms with van der Waals surface area (Å²) >= 11 is 3.40. The third-order valence-corrected chi connectivity index (χ3v) is 3.19. The quantitative estimate of drug-likeness (QED) is 0.664. The summed E-state index contributed by atoms with van der Waals surface area (Å²) in [6, 6.07) is 11.9. The van der Waals surface area contributed by atoms with E-state index in [4.69, 9.17) is 4.52 Å². The Labute approximate surface area is 105 Å². The van der Waals surface area contributed by atoms with E-state index in [0.29, 0.717) is 5.58 Å². The van der Waals surface area contributed by atoms with Gasteiger partial charge in [0.05, 0.1) is 9.86 Å². The lowest BCUT2D eigenvalue weighted by atomic mass is 10.1. The van der Waals surface area contributed by atoms with Crippen molar-refractivity contribution < 1.29 is 8.91 Å². The molecule has 0 spiro atoms. The Kier molecular flexibility index (Phi) is 2.44. The number of hydrogen-bond donors (Lipinski definition) is 0. The number of nitrogens with zero attached hydrogens (tertiary/aromatic N) is 1. The Bertz CT molecular complexity index is 675. The van der Waals surface area contributed by atoms with Crippen molar-refractivity contribution in [3.8, 4) is 11.3 Å². The minimum absolute atomic E-state index is 0.261. The van der Waals surface area contributed by atoms with Gasteiger partial charge < -0.3 is 4.52 Å². The van der Waals surface area contributed by atoms with Crippen molar-refractivity contribution in [2.45, 2.75) is 0 Å². The summed E-state index contributed by atoms with van der Waals surface area (Å²) in [6.07, 6.45) is 0. The molecule has 0 aliphatic heterocycles. The number of halogens is 2. The van der Waals surface area contributed by atoms with E-state index in [1.165, 1.54) is 12.1 Å². The van der Waals surface area contributed by atoms with Crippen molar-refractivity contribution in [2.75, 3.05) is 0 Å². The molecule has 0 radical (unpaired) electrons. The number of fused-ring (bicyclic) bond motifs is 1. The molecule has 0 unspecified atom stereocenters. The van der Waals surface area contributed by atoms with E-state index in [2.05, 4.69) is 21.1 Å². The highest BCUT2D eigenvalue weighted by molar-refractivity contribution is 9.10. The van der Waals surface area contributed by atoms with E-state index in [-0.39, 0.29) is 5.82 Å². The summed E-state index contributed by atoms with van der Waals surface area (Å²) < 4.78 is 19.0. The van der Waals surface area contributed by atoms with Gasteiger partial charge in [-0.05, 0) is 52.3 Å². The molecule has 0 fully saturated rings. The zero-order valence-corrected chi connectivity index (χ0v) is 10.2. The Hall–Kier alpha value is -1.68. The average Bonchev–Trinajstić information content (AvgIpc) is 2.75. The van der Waals surface area contributed by atoms with Crippen molar-refractivity contribution in [3.05, 3.63) is 52.8 Å². The van der Waals surface area contributed by atoms with Gasteiger partial charge in [0, 0.05) is 5.56 Å². The van der Waals surface area contributed by atoms with E-state index >= 15 is 0 Å². The highest BCUT2D eigenvalue weighted by atomic mass is 79.9. The maximum Gasteiger partial charge on any atom is 0.181 e. The zero-order chi connectivity index (χ0) is 11.8. The second-order valence-electron chi connectivity index (χ2n) is 3.65. The molecule has 0 amide bonds. The van der Waals surface area contributed by atoms with Crippen LogP contribution < -0.4 is 0 Å². The van der Waals surface area contributed by atoms with Crippen molar-refractivity contribution in [2.24, 2.45) is 0 Å². The van der Waals surface area contributed by atoms with Gasteiger partial charge in [-0.1, -0.05) is 11.2 Å². The smallest absolute Gasteiger partial charge is 0.181 e. The molecule has 0 aliphatic rings. The third-order valence-electron chi connectivity index (χ3n) is 2.57. The minimum atomic E-state index is -0.261. The molecular weight excluding hydrogens is 285 g/mol. The van der Waals surface area contributed by atoms with Crippen molar-refractivity contribution in [1.29, 1.82) is 0 Å². The van der Waals surface area contributed by atoms with Crippen LogP contribution in [0.15, 0.2) is 51.5 Å². The van der Waals surface area contributed by atoms with Crippen LogP contribution in [0.25, 0.3) is 22.2 Å². The fourth-order valence-electron chi connectivity index (χ4n) is 1.74. The van der Waals surface area contributed by atoms with Gasteiger partial charge in [-0.2, -0.15) is 0 Å². The monoisotopic (exact) mass is 291 g/mol. The van der Waals surface area contributed by atoms with Crippen molar-refractivity contribution >= 4 is 26.9 Å². The maximum atomic E-state index is 12.9. The molecule has 2 aromatic carbocycles. The Morgan fingerprint density at radius 1 is 1.06 bits per heavy atom. The molecule has 0 N–H and O–H groups in total. The van der Waals surface area contributed by atoms with Crippen LogP contribution in [0.1, 0.15) is 0 Å². The SMILES string of the molecule is Fc1ccc(-c2noc3c(Br)cccc23)cc1. The lowest BCUT2D eigenvalue weighted by Gasteiger charge is -1.96. The molecule has 3 rings (SSSR count). The molecule has 1 aromatic heterocycles. The van der Waals surface area contributed by atoms with Crippen LogP contribution in [0.2, 0.25) is 0 Å². The first-order chi connectivity index (χ1) is 8.25. The maximum absolute atomic E-state index is 12.9. The molecule has 4 heteroatoms. The predicted octanol–water partition coefficient (Wildman–Crippen LogP) is 4.40. The largest absolute Gasteiger partial charge is 0.354 e. The van der Waals surface area contributed by atoms with Crippen LogP contribution in [-0.4, -0.2) is 5.16 Å². The van der Waals surface area contributed by atoms with E-state index < -0.39 is 0 Å². The minimum Gasteiger partial charge on any atom is -0.354 e. The second-order valence-corrected chi connectivity index (χ2v) is 4.51. The lowest BCUT2D eigenvalue weighted by Crippen LogP contribution is -1.79. The molecule has 3 aromatic rings. The molecule has 17 heavy (non-hydrogen) atoms. The highest BCUT2D eigenvalue weighted by Crippen LogP contribution is 2.31. The first-order valence-electron chi connectivity index (χ1n) is 5.05. The van der Waals surface area contributed by atoms with Gasteiger partial charge in [0.1, 0.15) is 11.5 Å². The van der Waals surface area contributed by atoms with E-state index in [0.717, 1.165) is 21.1 Å². The van der Waals surface area contributed by atoms with Crippen molar-refractivity contribution in [3.63, 3.8) is 0 Å². The fourth-order valence-corrected chi connectivity index (χ4v) is 2.18. The van der Waals surface area contributed by atoms with Gasteiger partial charge in [0.25, 0.3) is 0 Å². The van der Waals surface area contributed by atoms with E-state index in [1.807, 2.05) is 18.2 Å². The molecule has 84 valence electrons. The summed E-state index contributed by atoms with van der Waals surface area (Å²) in [5.74, 6) is -0.261. The number of hydrogen-bond acceptors (Lipinski definition) is 2. The second kappa shape index (κ2) is 3.96. The average molecular weight is 292 g/mol. The third kappa shape index (κ3) is 1.74. The Morgan fingerprint density at radius 3 is 2.59 bits per heavy atom. The molecule has 2 nitrogen and oxygen atoms in total. The molecule has 0 bridgehead atoms. The summed E-state index contributed by atoms with van der Waals surface area (Å²) in [5, 5.41) is 4.94. The zero-order valence-electron chi connectivity index (χ0n) is 8.65. The molecule has 0 atom stereocenters. The first-order valence-corrected chi connectivity index (χ1v) is 5.85. The van der Waals surface area contributed by atoms with Gasteiger partial charge >= 0.3 is 0 Å². The topological polar surface area (TPSA) is 26.0 Å². The van der Waals surface area contributed by atoms with Crippen LogP contribution in [0.5, 0.6) is 0 Å². The molecule has 0 saturated carbocycles. The van der Waals surface area contributed by atoms with Gasteiger partial charge in [0.2, 0.25) is 0 Å². The highest BCUT2D eigenvalue weighted by Gasteiger charge is 2.11. The summed E-state index contributed by atoms with van der Waals surface area (Å²) in [5.41, 5.74) is 2.26. The Morgan fingerprint density at radius 2 is 1.82 bits per heavy atom. The number of aromatic nitrogens is 1. The number of benzene rings is 2. The summed E-state index contributed by atoms with van der Waals surface area (Å²) in [4.78, 5) is 0. The molecule has 1 heterocycles. The van der Waals surface area contributed by atoms with E-state index in [1.54, 1.807) is 12.1 Å². The molecule has 0 aliphatic carbocycles. The molecule has 0 saturated heterocycles. The van der Waals surface area contributed by atoms with Crippen LogP contribution >= 0.6 is 15.9 Å². The first kappa shape index (κ1) is 10.5. The number of para-hydroxylation sites is 1. The van der Waals surface area contributed by atoms with Crippen LogP contribution in [0.4, 0.5) is 4.39 Å². The summed E-state index contributed by atoms with van der Waals surface area (Å²) in [6.45, 7) is 0. The lowest BCUT2D eigenvalue weighted by molar-refractivity contribution is 0.458.